The molecular formula is C16H18N2O3S. The second kappa shape index (κ2) is 6.36. The molecule has 1 fully saturated rings. The van der Waals surface area contributed by atoms with Crippen molar-refractivity contribution in [1.82, 2.24) is 10.2 Å². The van der Waals surface area contributed by atoms with E-state index in [4.69, 9.17) is 5.11 Å². The molecule has 0 saturated carbocycles. The second-order valence-electron chi connectivity index (χ2n) is 5.51. The zero-order valence-corrected chi connectivity index (χ0v) is 12.9. The Morgan fingerprint density at radius 2 is 2.18 bits per heavy atom. The third kappa shape index (κ3) is 3.06. The normalized spacial score (nSPS) is 17.8. The molecule has 0 aliphatic carbocycles. The number of urea groups is 1. The Labute approximate surface area is 132 Å². The first-order valence-electron chi connectivity index (χ1n) is 7.36. The number of rotatable bonds is 4. The summed E-state index contributed by atoms with van der Waals surface area (Å²) in [6.07, 6.45) is 1.32. The SMILES string of the molecule is O=C(O)C1CCN(C(=O)NCCc2csc3ccccc23)C1. The minimum absolute atomic E-state index is 0.164. The molecule has 2 heterocycles. The molecule has 1 atom stereocenters. The van der Waals surface area contributed by atoms with Crippen molar-refractivity contribution in [2.24, 2.45) is 5.92 Å². The van der Waals surface area contributed by atoms with E-state index in [1.165, 1.54) is 15.6 Å². The minimum Gasteiger partial charge on any atom is -0.481 e. The van der Waals surface area contributed by atoms with Gasteiger partial charge in [-0.15, -0.1) is 11.3 Å². The van der Waals surface area contributed by atoms with E-state index in [9.17, 15) is 9.59 Å². The zero-order chi connectivity index (χ0) is 15.5. The molecule has 1 aliphatic rings. The maximum Gasteiger partial charge on any atom is 0.317 e. The fraction of sp³-hybridized carbons (Fsp3) is 0.375. The number of hydrogen-bond donors (Lipinski definition) is 2. The molecule has 1 aromatic heterocycles. The van der Waals surface area contributed by atoms with E-state index in [1.807, 2.05) is 12.1 Å². The van der Waals surface area contributed by atoms with Crippen molar-refractivity contribution in [2.45, 2.75) is 12.8 Å². The van der Waals surface area contributed by atoms with Crippen molar-refractivity contribution in [3.05, 3.63) is 35.2 Å². The summed E-state index contributed by atoms with van der Waals surface area (Å²) < 4.78 is 1.26. The van der Waals surface area contributed by atoms with Crippen molar-refractivity contribution in [3.63, 3.8) is 0 Å². The summed E-state index contributed by atoms with van der Waals surface area (Å²) in [4.78, 5) is 24.5. The summed E-state index contributed by atoms with van der Waals surface area (Å²) in [5.74, 6) is -1.24. The molecule has 1 aliphatic heterocycles. The summed E-state index contributed by atoms with van der Waals surface area (Å²) in [5, 5.41) is 15.2. The van der Waals surface area contributed by atoms with Crippen molar-refractivity contribution < 1.29 is 14.7 Å². The molecule has 0 bridgehead atoms. The summed E-state index contributed by atoms with van der Waals surface area (Å²) in [6, 6.07) is 8.08. The third-order valence-corrected chi connectivity index (χ3v) is 5.07. The highest BCUT2D eigenvalue weighted by Gasteiger charge is 2.30. The number of likely N-dealkylation sites (tertiary alicyclic amines) is 1. The van der Waals surface area contributed by atoms with Gasteiger partial charge in [0.1, 0.15) is 0 Å². The number of aliphatic carboxylic acids is 1. The molecule has 2 aromatic rings. The Balaban J connectivity index is 1.51. The Bertz CT molecular complexity index is 698. The zero-order valence-electron chi connectivity index (χ0n) is 12.1. The van der Waals surface area contributed by atoms with Crippen molar-refractivity contribution in [2.75, 3.05) is 19.6 Å². The highest BCUT2D eigenvalue weighted by molar-refractivity contribution is 7.17. The molecule has 1 aromatic carbocycles. The lowest BCUT2D eigenvalue weighted by molar-refractivity contribution is -0.141. The van der Waals surface area contributed by atoms with Crippen LogP contribution in [0.4, 0.5) is 4.79 Å². The Morgan fingerprint density at radius 3 is 2.95 bits per heavy atom. The van der Waals surface area contributed by atoms with Crippen LogP contribution in [-0.2, 0) is 11.2 Å². The molecule has 116 valence electrons. The minimum atomic E-state index is -0.819. The largest absolute Gasteiger partial charge is 0.481 e. The van der Waals surface area contributed by atoms with Gasteiger partial charge in [-0.25, -0.2) is 4.79 Å². The summed E-state index contributed by atoms with van der Waals surface area (Å²) >= 11 is 1.71. The maximum absolute atomic E-state index is 12.0. The number of thiophene rings is 1. The molecule has 1 saturated heterocycles. The number of carboxylic acids is 1. The first-order chi connectivity index (χ1) is 10.6. The molecule has 2 amide bonds. The molecule has 2 N–H and O–H groups in total. The summed E-state index contributed by atoms with van der Waals surface area (Å²) in [7, 11) is 0. The van der Waals surface area contributed by atoms with Gasteiger partial charge in [-0.2, -0.15) is 0 Å². The topological polar surface area (TPSA) is 69.6 Å². The standard InChI is InChI=1S/C16H18N2O3S/c19-15(20)11-6-8-18(9-11)16(21)17-7-5-12-10-22-14-4-2-1-3-13(12)14/h1-4,10-11H,5-9H2,(H,17,21)(H,19,20). The van der Waals surface area contributed by atoms with Gasteiger partial charge in [0.05, 0.1) is 5.92 Å². The monoisotopic (exact) mass is 318 g/mol. The summed E-state index contributed by atoms with van der Waals surface area (Å²) in [5.41, 5.74) is 1.24. The fourth-order valence-electron chi connectivity index (χ4n) is 2.79. The number of fused-ring (bicyclic) bond motifs is 1. The molecule has 0 spiro atoms. The molecule has 3 rings (SSSR count). The van der Waals surface area contributed by atoms with Crippen LogP contribution in [-0.4, -0.2) is 41.6 Å². The first-order valence-corrected chi connectivity index (χ1v) is 8.24. The van der Waals surface area contributed by atoms with Gasteiger partial charge in [0, 0.05) is 24.3 Å². The van der Waals surface area contributed by atoms with Crippen molar-refractivity contribution in [1.29, 1.82) is 0 Å². The van der Waals surface area contributed by atoms with Crippen LogP contribution in [0, 0.1) is 5.92 Å². The Kier molecular flexibility index (Phi) is 4.29. The third-order valence-electron chi connectivity index (χ3n) is 4.06. The van der Waals surface area contributed by atoms with Gasteiger partial charge in [0.2, 0.25) is 0 Å². The van der Waals surface area contributed by atoms with E-state index in [0.717, 1.165) is 6.42 Å². The highest BCUT2D eigenvalue weighted by Crippen LogP contribution is 2.25. The number of amides is 2. The lowest BCUT2D eigenvalue weighted by atomic mass is 10.1. The van der Waals surface area contributed by atoms with Crippen LogP contribution in [0.1, 0.15) is 12.0 Å². The lowest BCUT2D eigenvalue weighted by Gasteiger charge is -2.16. The predicted octanol–water partition coefficient (Wildman–Crippen LogP) is 2.56. The number of nitrogens with zero attached hydrogens (tertiary/aromatic N) is 1. The van der Waals surface area contributed by atoms with E-state index in [2.05, 4.69) is 22.8 Å². The molecule has 0 radical (unpaired) electrons. The average Bonchev–Trinajstić information content (AvgIpc) is 3.14. The molecule has 6 heteroatoms. The van der Waals surface area contributed by atoms with Gasteiger partial charge in [-0.3, -0.25) is 4.79 Å². The van der Waals surface area contributed by atoms with Crippen LogP contribution in [0.25, 0.3) is 10.1 Å². The molecule has 5 nitrogen and oxygen atoms in total. The number of carbonyl (C=O) groups is 2. The van der Waals surface area contributed by atoms with Crippen LogP contribution in [0.5, 0.6) is 0 Å². The number of benzene rings is 1. The second-order valence-corrected chi connectivity index (χ2v) is 6.42. The predicted molar refractivity (Wildman–Crippen MR) is 86.2 cm³/mol. The van der Waals surface area contributed by atoms with Gasteiger partial charge >= 0.3 is 12.0 Å². The van der Waals surface area contributed by atoms with Crippen LogP contribution in [0.3, 0.4) is 0 Å². The van der Waals surface area contributed by atoms with E-state index in [1.54, 1.807) is 16.2 Å². The quantitative estimate of drug-likeness (QED) is 0.910. The van der Waals surface area contributed by atoms with Gasteiger partial charge < -0.3 is 15.3 Å². The molecular weight excluding hydrogens is 300 g/mol. The van der Waals surface area contributed by atoms with Gasteiger partial charge in [-0.05, 0) is 35.2 Å². The molecule has 1 unspecified atom stereocenters. The van der Waals surface area contributed by atoms with Gasteiger partial charge in [0.25, 0.3) is 0 Å². The van der Waals surface area contributed by atoms with Crippen molar-refractivity contribution in [3.8, 4) is 0 Å². The summed E-state index contributed by atoms with van der Waals surface area (Å²) in [6.45, 7) is 1.39. The number of hydrogen-bond acceptors (Lipinski definition) is 3. The number of nitrogens with one attached hydrogen (secondary N) is 1. The first kappa shape index (κ1) is 14.8. The Hall–Kier alpha value is -2.08. The number of carboxylic acid groups (broad SMARTS) is 1. The smallest absolute Gasteiger partial charge is 0.317 e. The van der Waals surface area contributed by atoms with Crippen LogP contribution < -0.4 is 5.32 Å². The lowest BCUT2D eigenvalue weighted by Crippen LogP contribution is -2.39. The van der Waals surface area contributed by atoms with Gasteiger partial charge in [-0.1, -0.05) is 18.2 Å². The van der Waals surface area contributed by atoms with Crippen LogP contribution in [0.2, 0.25) is 0 Å². The molecule has 22 heavy (non-hydrogen) atoms. The Morgan fingerprint density at radius 1 is 1.36 bits per heavy atom. The van der Waals surface area contributed by atoms with E-state index in [-0.39, 0.29) is 6.03 Å². The average molecular weight is 318 g/mol. The highest BCUT2D eigenvalue weighted by atomic mass is 32.1. The maximum atomic E-state index is 12.0. The van der Waals surface area contributed by atoms with Crippen LogP contribution in [0.15, 0.2) is 29.6 Å². The van der Waals surface area contributed by atoms with E-state index < -0.39 is 11.9 Å². The van der Waals surface area contributed by atoms with Crippen molar-refractivity contribution >= 4 is 33.4 Å². The van der Waals surface area contributed by atoms with Gasteiger partial charge in [0.15, 0.2) is 0 Å². The number of carbonyl (C=O) groups excluding carboxylic acids is 1. The van der Waals surface area contributed by atoms with E-state index in [0.29, 0.717) is 26.1 Å². The van der Waals surface area contributed by atoms with Crippen LogP contribution >= 0.6 is 11.3 Å². The fourth-order valence-corrected chi connectivity index (χ4v) is 3.79. The van der Waals surface area contributed by atoms with E-state index >= 15 is 0 Å².